The van der Waals surface area contributed by atoms with Gasteiger partial charge in [0.15, 0.2) is 0 Å². The summed E-state index contributed by atoms with van der Waals surface area (Å²) in [5.41, 5.74) is 0.350. The number of carbonyl (C=O) groups excluding carboxylic acids is 1. The highest BCUT2D eigenvalue weighted by Crippen LogP contribution is 2.15. The second-order valence-corrected chi connectivity index (χ2v) is 5.92. The average Bonchev–Trinajstić information content (AvgIpc) is 2.23. The first-order chi connectivity index (χ1) is 8.69. The molecule has 0 spiro atoms. The van der Waals surface area contributed by atoms with Gasteiger partial charge >= 0.3 is 5.97 Å². The van der Waals surface area contributed by atoms with E-state index in [4.69, 9.17) is 4.74 Å². The van der Waals surface area contributed by atoms with E-state index in [1.54, 1.807) is 6.20 Å². The summed E-state index contributed by atoms with van der Waals surface area (Å²) >= 11 is 0. The van der Waals surface area contributed by atoms with Crippen molar-refractivity contribution in [3.05, 3.63) is 18.0 Å². The third-order valence-electron chi connectivity index (χ3n) is 2.41. The molecule has 0 saturated carbocycles. The highest BCUT2D eigenvalue weighted by molar-refractivity contribution is 5.79. The van der Waals surface area contributed by atoms with Gasteiger partial charge in [-0.15, -0.1) is 0 Å². The Morgan fingerprint density at radius 1 is 1.37 bits per heavy atom. The SMILES string of the molecule is Cc1ccnc(N[C@H](C(=O)OC(C)(C)C)C(C)C)n1. The number of hydrogen-bond donors (Lipinski definition) is 1. The summed E-state index contributed by atoms with van der Waals surface area (Å²) in [5, 5.41) is 3.04. The molecule has 5 nitrogen and oxygen atoms in total. The van der Waals surface area contributed by atoms with Gasteiger partial charge in [-0.25, -0.2) is 14.8 Å². The zero-order chi connectivity index (χ0) is 14.6. The summed E-state index contributed by atoms with van der Waals surface area (Å²) in [6.07, 6.45) is 1.66. The van der Waals surface area contributed by atoms with Crippen LogP contribution in [-0.2, 0) is 9.53 Å². The Labute approximate surface area is 114 Å². The number of aryl methyl sites for hydroxylation is 1. The van der Waals surface area contributed by atoms with E-state index in [2.05, 4.69) is 15.3 Å². The monoisotopic (exact) mass is 265 g/mol. The van der Waals surface area contributed by atoms with Gasteiger partial charge in [-0.1, -0.05) is 13.8 Å². The van der Waals surface area contributed by atoms with Crippen LogP contribution < -0.4 is 5.32 Å². The topological polar surface area (TPSA) is 64.1 Å². The first-order valence-corrected chi connectivity index (χ1v) is 6.48. The normalized spacial score (nSPS) is 13.2. The molecule has 1 N–H and O–H groups in total. The van der Waals surface area contributed by atoms with Crippen molar-refractivity contribution in [3.63, 3.8) is 0 Å². The second kappa shape index (κ2) is 5.99. The first kappa shape index (κ1) is 15.4. The van der Waals surface area contributed by atoms with Gasteiger partial charge < -0.3 is 10.1 Å². The van der Waals surface area contributed by atoms with Crippen molar-refractivity contribution in [2.24, 2.45) is 5.92 Å². The number of esters is 1. The molecule has 1 atom stereocenters. The Bertz CT molecular complexity index is 439. The molecule has 1 aromatic rings. The molecule has 0 radical (unpaired) electrons. The molecule has 0 aliphatic heterocycles. The van der Waals surface area contributed by atoms with Crippen molar-refractivity contribution < 1.29 is 9.53 Å². The van der Waals surface area contributed by atoms with Gasteiger partial charge in [-0.3, -0.25) is 0 Å². The number of ether oxygens (including phenoxy) is 1. The van der Waals surface area contributed by atoms with Crippen LogP contribution in [0.15, 0.2) is 12.3 Å². The molecule has 1 heterocycles. The Hall–Kier alpha value is -1.65. The van der Waals surface area contributed by atoms with E-state index >= 15 is 0 Å². The van der Waals surface area contributed by atoms with Crippen LogP contribution >= 0.6 is 0 Å². The lowest BCUT2D eigenvalue weighted by molar-refractivity contribution is -0.156. The predicted octanol–water partition coefficient (Wildman–Crippen LogP) is 2.56. The van der Waals surface area contributed by atoms with Crippen LogP contribution in [-0.4, -0.2) is 27.6 Å². The summed E-state index contributed by atoms with van der Waals surface area (Å²) in [6.45, 7) is 11.3. The van der Waals surface area contributed by atoms with E-state index < -0.39 is 11.6 Å². The number of hydrogen-bond acceptors (Lipinski definition) is 5. The van der Waals surface area contributed by atoms with Crippen molar-refractivity contribution in [1.29, 1.82) is 0 Å². The lowest BCUT2D eigenvalue weighted by atomic mass is 10.0. The van der Waals surface area contributed by atoms with Crippen LogP contribution in [0.4, 0.5) is 5.95 Å². The molecule has 19 heavy (non-hydrogen) atoms. The number of aromatic nitrogens is 2. The molecule has 0 saturated heterocycles. The van der Waals surface area contributed by atoms with Crippen molar-refractivity contribution in [2.75, 3.05) is 5.32 Å². The molecule has 0 fully saturated rings. The summed E-state index contributed by atoms with van der Waals surface area (Å²) in [5.74, 6) is 0.246. The molecular weight excluding hydrogens is 242 g/mol. The summed E-state index contributed by atoms with van der Waals surface area (Å²) < 4.78 is 5.41. The smallest absolute Gasteiger partial charge is 0.329 e. The van der Waals surface area contributed by atoms with Gasteiger partial charge in [0.05, 0.1) is 0 Å². The van der Waals surface area contributed by atoms with E-state index in [1.807, 2.05) is 47.6 Å². The van der Waals surface area contributed by atoms with Gasteiger partial charge in [0.25, 0.3) is 0 Å². The zero-order valence-electron chi connectivity index (χ0n) is 12.5. The molecule has 0 amide bonds. The molecule has 0 unspecified atom stereocenters. The Balaban J connectivity index is 2.81. The number of nitrogens with zero attached hydrogens (tertiary/aromatic N) is 2. The van der Waals surface area contributed by atoms with Gasteiger partial charge in [0.2, 0.25) is 5.95 Å². The van der Waals surface area contributed by atoms with Crippen LogP contribution in [0.3, 0.4) is 0 Å². The fourth-order valence-electron chi connectivity index (χ4n) is 1.52. The molecule has 5 heteroatoms. The van der Waals surface area contributed by atoms with Gasteiger partial charge in [-0.05, 0) is 39.7 Å². The van der Waals surface area contributed by atoms with Gasteiger partial charge in [-0.2, -0.15) is 0 Å². The molecule has 106 valence electrons. The highest BCUT2D eigenvalue weighted by Gasteiger charge is 2.28. The van der Waals surface area contributed by atoms with E-state index in [0.29, 0.717) is 5.95 Å². The summed E-state index contributed by atoms with van der Waals surface area (Å²) in [6, 6.07) is 1.35. The van der Waals surface area contributed by atoms with Crippen molar-refractivity contribution in [1.82, 2.24) is 9.97 Å². The van der Waals surface area contributed by atoms with Crippen LogP contribution in [0.2, 0.25) is 0 Å². The van der Waals surface area contributed by atoms with E-state index in [-0.39, 0.29) is 11.9 Å². The molecule has 1 aromatic heterocycles. The van der Waals surface area contributed by atoms with Crippen molar-refractivity contribution in [3.8, 4) is 0 Å². The van der Waals surface area contributed by atoms with Gasteiger partial charge in [0.1, 0.15) is 11.6 Å². The quantitative estimate of drug-likeness (QED) is 0.848. The minimum atomic E-state index is -0.501. The molecule has 0 bridgehead atoms. The Morgan fingerprint density at radius 3 is 2.47 bits per heavy atom. The first-order valence-electron chi connectivity index (χ1n) is 6.48. The fourth-order valence-corrected chi connectivity index (χ4v) is 1.52. The predicted molar refractivity (Wildman–Crippen MR) is 74.9 cm³/mol. The molecule has 0 aromatic carbocycles. The lowest BCUT2D eigenvalue weighted by Crippen LogP contribution is -2.40. The molecule has 1 rings (SSSR count). The van der Waals surface area contributed by atoms with Crippen molar-refractivity contribution in [2.45, 2.75) is 53.2 Å². The minimum absolute atomic E-state index is 0.0824. The number of rotatable bonds is 4. The Kier molecular flexibility index (Phi) is 4.86. The van der Waals surface area contributed by atoms with Gasteiger partial charge in [0, 0.05) is 11.9 Å². The highest BCUT2D eigenvalue weighted by atomic mass is 16.6. The number of carbonyl (C=O) groups is 1. The zero-order valence-corrected chi connectivity index (χ0v) is 12.5. The maximum Gasteiger partial charge on any atom is 0.329 e. The van der Waals surface area contributed by atoms with Crippen LogP contribution in [0.25, 0.3) is 0 Å². The van der Waals surface area contributed by atoms with E-state index in [0.717, 1.165) is 5.69 Å². The third kappa shape index (κ3) is 5.24. The van der Waals surface area contributed by atoms with Crippen LogP contribution in [0.1, 0.15) is 40.3 Å². The average molecular weight is 265 g/mol. The molecule has 0 aliphatic carbocycles. The van der Waals surface area contributed by atoms with Crippen LogP contribution in [0.5, 0.6) is 0 Å². The summed E-state index contributed by atoms with van der Waals surface area (Å²) in [7, 11) is 0. The minimum Gasteiger partial charge on any atom is -0.458 e. The largest absolute Gasteiger partial charge is 0.458 e. The summed E-state index contributed by atoms with van der Waals surface area (Å²) in [4.78, 5) is 20.5. The Morgan fingerprint density at radius 2 is 2.00 bits per heavy atom. The van der Waals surface area contributed by atoms with Crippen molar-refractivity contribution >= 4 is 11.9 Å². The fraction of sp³-hybridized carbons (Fsp3) is 0.643. The molecule has 0 aliphatic rings. The standard InChI is InChI=1S/C14H23N3O2/c1-9(2)11(12(18)19-14(4,5)6)17-13-15-8-7-10(3)16-13/h7-9,11H,1-6H3,(H,15,16,17)/t11-/m0/s1. The second-order valence-electron chi connectivity index (χ2n) is 5.92. The lowest BCUT2D eigenvalue weighted by Gasteiger charge is -2.26. The van der Waals surface area contributed by atoms with E-state index in [9.17, 15) is 4.79 Å². The maximum atomic E-state index is 12.1. The number of nitrogens with one attached hydrogen (secondary N) is 1. The van der Waals surface area contributed by atoms with Crippen LogP contribution in [0, 0.1) is 12.8 Å². The molecular formula is C14H23N3O2. The third-order valence-corrected chi connectivity index (χ3v) is 2.41. The number of anilines is 1. The maximum absolute atomic E-state index is 12.1. The van der Waals surface area contributed by atoms with E-state index in [1.165, 1.54) is 0 Å².